The maximum Gasteiger partial charge on any atom is 0.0897 e. The van der Waals surface area contributed by atoms with E-state index in [0.29, 0.717) is 19.3 Å². The molecule has 0 saturated heterocycles. The van der Waals surface area contributed by atoms with Gasteiger partial charge in [0.25, 0.3) is 0 Å². The maximum atomic E-state index is 9.80. The summed E-state index contributed by atoms with van der Waals surface area (Å²) in [5.41, 5.74) is 0. The molecule has 0 aromatic rings. The highest BCUT2D eigenvalue weighted by Crippen LogP contribution is 2.20. The molecule has 1 aliphatic carbocycles. The Morgan fingerprint density at radius 3 is 2.67 bits per heavy atom. The first-order chi connectivity index (χ1) is 8.83. The highest BCUT2D eigenvalue weighted by Gasteiger charge is 2.15. The monoisotopic (exact) mass is 257 g/mol. The largest absolute Gasteiger partial charge is 0.389 e. The van der Waals surface area contributed by atoms with Crippen molar-refractivity contribution < 1.29 is 9.84 Å². The van der Waals surface area contributed by atoms with Crippen LogP contribution in [-0.2, 0) is 4.74 Å². The summed E-state index contributed by atoms with van der Waals surface area (Å²) in [5.74, 6) is 0. The van der Waals surface area contributed by atoms with Gasteiger partial charge >= 0.3 is 0 Å². The molecule has 0 radical (unpaired) electrons. The lowest BCUT2D eigenvalue weighted by atomic mass is 9.98. The molecule has 0 aliphatic heterocycles. The molecule has 0 spiro atoms. The van der Waals surface area contributed by atoms with Gasteiger partial charge in [-0.3, -0.25) is 0 Å². The molecule has 0 unspecified atom stereocenters. The van der Waals surface area contributed by atoms with Crippen LogP contribution in [0.1, 0.15) is 64.7 Å². The van der Waals surface area contributed by atoms with Gasteiger partial charge in [0.05, 0.1) is 18.8 Å². The van der Waals surface area contributed by atoms with Crippen LogP contribution in [0.25, 0.3) is 0 Å². The Labute approximate surface area is 112 Å². The molecule has 18 heavy (non-hydrogen) atoms. The van der Waals surface area contributed by atoms with Crippen LogP contribution in [0.2, 0.25) is 0 Å². The maximum absolute atomic E-state index is 9.80. The second-order valence-corrected chi connectivity index (χ2v) is 5.51. The van der Waals surface area contributed by atoms with Gasteiger partial charge in [-0.1, -0.05) is 45.4 Å². The molecule has 1 saturated carbocycles. The lowest BCUT2D eigenvalue weighted by Crippen LogP contribution is -2.33. The van der Waals surface area contributed by atoms with E-state index in [1.165, 1.54) is 57.8 Å². The molecule has 1 aliphatic rings. The predicted molar refractivity (Wildman–Crippen MR) is 75.8 cm³/mol. The number of nitrogens with one attached hydrogen (secondary N) is 1. The third-order valence-corrected chi connectivity index (χ3v) is 3.66. The second-order valence-electron chi connectivity index (χ2n) is 5.51. The zero-order valence-corrected chi connectivity index (χ0v) is 12.0. The van der Waals surface area contributed by atoms with Crippen LogP contribution in [0.15, 0.2) is 0 Å². The molecular formula is C15H31NO2. The van der Waals surface area contributed by atoms with Crippen molar-refractivity contribution in [2.24, 2.45) is 0 Å². The normalized spacial score (nSPS) is 19.0. The van der Waals surface area contributed by atoms with Crippen molar-refractivity contribution in [1.29, 1.82) is 0 Å². The van der Waals surface area contributed by atoms with Crippen molar-refractivity contribution in [2.45, 2.75) is 76.9 Å². The Balaban J connectivity index is 1.88. The van der Waals surface area contributed by atoms with E-state index in [0.717, 1.165) is 6.54 Å². The zero-order valence-electron chi connectivity index (χ0n) is 12.0. The van der Waals surface area contributed by atoms with Crippen molar-refractivity contribution in [3.05, 3.63) is 0 Å². The van der Waals surface area contributed by atoms with Crippen molar-refractivity contribution >= 4 is 0 Å². The quantitative estimate of drug-likeness (QED) is 0.591. The van der Waals surface area contributed by atoms with Crippen LogP contribution in [0.3, 0.4) is 0 Å². The Morgan fingerprint density at radius 2 is 1.94 bits per heavy atom. The van der Waals surface area contributed by atoms with E-state index in [2.05, 4.69) is 12.2 Å². The fourth-order valence-corrected chi connectivity index (χ4v) is 2.48. The first kappa shape index (κ1) is 15.9. The minimum absolute atomic E-state index is 0.349. The lowest BCUT2D eigenvalue weighted by Gasteiger charge is -2.23. The number of ether oxygens (including phenoxy) is 1. The smallest absolute Gasteiger partial charge is 0.0897 e. The minimum atomic E-state index is -0.349. The van der Waals surface area contributed by atoms with Crippen LogP contribution in [-0.4, -0.2) is 37.0 Å². The summed E-state index contributed by atoms with van der Waals surface area (Å²) in [7, 11) is 0. The van der Waals surface area contributed by atoms with Crippen LogP contribution in [0.4, 0.5) is 0 Å². The van der Waals surface area contributed by atoms with E-state index in [9.17, 15) is 5.11 Å². The average molecular weight is 257 g/mol. The van der Waals surface area contributed by atoms with Gasteiger partial charge in [0.15, 0.2) is 0 Å². The Morgan fingerprint density at radius 1 is 1.17 bits per heavy atom. The van der Waals surface area contributed by atoms with Gasteiger partial charge in [0.1, 0.15) is 0 Å². The molecule has 0 amide bonds. The van der Waals surface area contributed by atoms with Crippen molar-refractivity contribution in [2.75, 3.05) is 19.7 Å². The van der Waals surface area contributed by atoms with Gasteiger partial charge in [-0.25, -0.2) is 0 Å². The molecule has 0 aromatic carbocycles. The Bertz CT molecular complexity index is 181. The Hall–Kier alpha value is -0.120. The van der Waals surface area contributed by atoms with Gasteiger partial charge < -0.3 is 15.2 Å². The van der Waals surface area contributed by atoms with Gasteiger partial charge in [0.2, 0.25) is 0 Å². The van der Waals surface area contributed by atoms with Crippen LogP contribution in [0.5, 0.6) is 0 Å². The third kappa shape index (κ3) is 8.06. The van der Waals surface area contributed by atoms with Gasteiger partial charge in [0, 0.05) is 6.54 Å². The predicted octanol–water partition coefficient (Wildman–Crippen LogP) is 2.87. The van der Waals surface area contributed by atoms with E-state index in [1.807, 2.05) is 0 Å². The molecule has 1 rings (SSSR count). The number of hydrogen-bond donors (Lipinski definition) is 2. The highest BCUT2D eigenvalue weighted by molar-refractivity contribution is 4.67. The summed E-state index contributed by atoms with van der Waals surface area (Å²) in [6.45, 7) is 4.39. The molecule has 1 fully saturated rings. The summed E-state index contributed by atoms with van der Waals surface area (Å²) < 4.78 is 5.75. The van der Waals surface area contributed by atoms with E-state index in [4.69, 9.17) is 4.74 Å². The van der Waals surface area contributed by atoms with E-state index in [-0.39, 0.29) is 6.10 Å². The number of hydrogen-bond acceptors (Lipinski definition) is 3. The highest BCUT2D eigenvalue weighted by atomic mass is 16.5. The molecule has 1 atom stereocenters. The zero-order chi connectivity index (χ0) is 13.1. The number of rotatable bonds is 10. The molecule has 0 bridgehead atoms. The van der Waals surface area contributed by atoms with Gasteiger partial charge in [-0.2, -0.15) is 0 Å². The first-order valence-corrected chi connectivity index (χ1v) is 7.83. The summed E-state index contributed by atoms with van der Waals surface area (Å²) in [6.07, 6.45) is 11.4. The van der Waals surface area contributed by atoms with Gasteiger partial charge in [-0.15, -0.1) is 0 Å². The molecule has 3 heteroatoms. The third-order valence-electron chi connectivity index (χ3n) is 3.66. The van der Waals surface area contributed by atoms with E-state index in [1.54, 1.807) is 0 Å². The minimum Gasteiger partial charge on any atom is -0.389 e. The first-order valence-electron chi connectivity index (χ1n) is 7.83. The topological polar surface area (TPSA) is 41.5 Å². The molecule has 2 N–H and O–H groups in total. The molecule has 0 aromatic heterocycles. The summed E-state index contributed by atoms with van der Waals surface area (Å²) in [4.78, 5) is 0. The van der Waals surface area contributed by atoms with Gasteiger partial charge in [-0.05, 0) is 25.8 Å². The Kier molecular flexibility index (Phi) is 9.54. The summed E-state index contributed by atoms with van der Waals surface area (Å²) in [6, 6.07) is 0. The molecule has 108 valence electrons. The standard InChI is InChI=1S/C15H31NO2/c1-2-3-4-8-11-16-12-14(17)13-18-15-9-6-5-7-10-15/h14-17H,2-13H2,1H3/t14-/m0/s1. The summed E-state index contributed by atoms with van der Waals surface area (Å²) in [5, 5.41) is 13.1. The van der Waals surface area contributed by atoms with Crippen LogP contribution < -0.4 is 5.32 Å². The van der Waals surface area contributed by atoms with Crippen molar-refractivity contribution in [1.82, 2.24) is 5.32 Å². The molecular weight excluding hydrogens is 226 g/mol. The fourth-order valence-electron chi connectivity index (χ4n) is 2.48. The van der Waals surface area contributed by atoms with Crippen molar-refractivity contribution in [3.8, 4) is 0 Å². The number of aliphatic hydroxyl groups is 1. The van der Waals surface area contributed by atoms with Crippen molar-refractivity contribution in [3.63, 3.8) is 0 Å². The molecule has 3 nitrogen and oxygen atoms in total. The van der Waals surface area contributed by atoms with E-state index >= 15 is 0 Å². The van der Waals surface area contributed by atoms with E-state index < -0.39 is 0 Å². The number of aliphatic hydroxyl groups excluding tert-OH is 1. The average Bonchev–Trinajstić information content (AvgIpc) is 2.41. The fraction of sp³-hybridized carbons (Fsp3) is 1.00. The number of unbranched alkanes of at least 4 members (excludes halogenated alkanes) is 3. The molecule has 0 heterocycles. The van der Waals surface area contributed by atoms with Crippen LogP contribution >= 0.6 is 0 Å². The summed E-state index contributed by atoms with van der Waals surface area (Å²) >= 11 is 0. The lowest BCUT2D eigenvalue weighted by molar-refractivity contribution is -0.0229. The SMILES string of the molecule is CCCCCCNC[C@H](O)COC1CCCCC1. The van der Waals surface area contributed by atoms with Crippen LogP contribution in [0, 0.1) is 0 Å². The second kappa shape index (κ2) is 10.8.